The normalized spacial score (nSPS) is 17.9. The van der Waals surface area contributed by atoms with E-state index in [-0.39, 0.29) is 0 Å². The summed E-state index contributed by atoms with van der Waals surface area (Å²) in [5, 5.41) is 24.4. The van der Waals surface area contributed by atoms with Crippen LogP contribution in [0, 0.1) is 0 Å². The number of rotatable bonds is 6. The molecule has 0 aliphatic carbocycles. The fourth-order valence-corrected chi connectivity index (χ4v) is 6.08. The van der Waals surface area contributed by atoms with Crippen LogP contribution in [-0.4, -0.2) is 54.7 Å². The Bertz CT molecular complexity index is 1430. The van der Waals surface area contributed by atoms with Gasteiger partial charge in [0.1, 0.15) is 17.1 Å². The lowest BCUT2D eigenvalue weighted by Crippen LogP contribution is -2.54. The maximum Gasteiger partial charge on any atom is 0.141 e. The fraction of sp³-hybridized carbons (Fsp3) is 0.424. The molecule has 0 saturated carbocycles. The number of H-pyrrole nitrogens is 1. The lowest BCUT2D eigenvalue weighted by Gasteiger charge is -2.38. The van der Waals surface area contributed by atoms with Gasteiger partial charge in [-0.2, -0.15) is 5.10 Å². The lowest BCUT2D eigenvalue weighted by molar-refractivity contribution is 0.0988. The van der Waals surface area contributed by atoms with Gasteiger partial charge in [-0.05, 0) is 50.1 Å². The third kappa shape index (κ3) is 6.65. The molecule has 7 nitrogen and oxygen atoms in total. The van der Waals surface area contributed by atoms with Crippen molar-refractivity contribution in [3.8, 4) is 22.6 Å². The predicted octanol–water partition coefficient (Wildman–Crippen LogP) is 8.05. The maximum absolute atomic E-state index is 11.7. The zero-order valence-electron chi connectivity index (χ0n) is 26.1. The number of methoxy groups -OCH3 is 2. The number of piperazine rings is 1. The Morgan fingerprint density at radius 2 is 1.43 bits per heavy atom. The number of anilines is 1. The molecule has 9 heteroatoms. The van der Waals surface area contributed by atoms with Crippen LogP contribution in [0.3, 0.4) is 0 Å². The largest absolute Gasteiger partial charge is 0.495 e. The predicted molar refractivity (Wildman–Crippen MR) is 177 cm³/mol. The number of fused-ring (bicyclic) bond motifs is 1. The summed E-state index contributed by atoms with van der Waals surface area (Å²) in [6.45, 7) is 16.1. The summed E-state index contributed by atoms with van der Waals surface area (Å²) in [6.07, 6.45) is 0. The SMILES string of the molecule is CC.CC.COc1cc(OC)c(Cl)c(-c2ccc3c(C(C)(O)c4ccc(N5C[C@@H](C)N[C@@H](C)C5)cc4)[nH]nc3c2)c1Cl. The zero-order valence-corrected chi connectivity index (χ0v) is 27.6. The molecule has 1 saturated heterocycles. The molecule has 0 bridgehead atoms. The Morgan fingerprint density at radius 3 is 1.95 bits per heavy atom. The van der Waals surface area contributed by atoms with Crippen molar-refractivity contribution in [2.24, 2.45) is 0 Å². The first-order valence-corrected chi connectivity index (χ1v) is 15.3. The number of aliphatic hydroxyl groups is 1. The molecular weight excluding hydrogens is 571 g/mol. The van der Waals surface area contributed by atoms with Crippen LogP contribution < -0.4 is 19.7 Å². The summed E-state index contributed by atoms with van der Waals surface area (Å²) in [6, 6.07) is 16.3. The second kappa shape index (κ2) is 14.5. The van der Waals surface area contributed by atoms with Crippen LogP contribution in [0.1, 0.15) is 59.7 Å². The molecule has 2 heterocycles. The van der Waals surface area contributed by atoms with Gasteiger partial charge in [-0.3, -0.25) is 5.10 Å². The van der Waals surface area contributed by atoms with Gasteiger partial charge >= 0.3 is 0 Å². The number of nitrogens with zero attached hydrogens (tertiary/aromatic N) is 2. The molecule has 5 rings (SSSR count). The van der Waals surface area contributed by atoms with Crippen LogP contribution in [0.5, 0.6) is 11.5 Å². The summed E-state index contributed by atoms with van der Waals surface area (Å²) < 4.78 is 10.8. The Morgan fingerprint density at radius 1 is 0.881 bits per heavy atom. The molecule has 0 amide bonds. The summed E-state index contributed by atoms with van der Waals surface area (Å²) >= 11 is 13.3. The number of aromatic amines is 1. The average Bonchev–Trinajstić information content (AvgIpc) is 3.43. The van der Waals surface area contributed by atoms with E-state index in [0.29, 0.717) is 50.4 Å². The van der Waals surface area contributed by atoms with Gasteiger partial charge in [0.05, 0.1) is 35.5 Å². The van der Waals surface area contributed by atoms with Crippen LogP contribution in [0.4, 0.5) is 5.69 Å². The van der Waals surface area contributed by atoms with Crippen molar-refractivity contribution in [2.45, 2.75) is 66.2 Å². The Hall–Kier alpha value is -2.97. The molecule has 3 atom stereocenters. The monoisotopic (exact) mass is 614 g/mol. The smallest absolute Gasteiger partial charge is 0.141 e. The van der Waals surface area contributed by atoms with E-state index in [1.54, 1.807) is 27.2 Å². The molecule has 0 spiro atoms. The first-order chi connectivity index (χ1) is 20.1. The van der Waals surface area contributed by atoms with Crippen LogP contribution in [0.2, 0.25) is 10.0 Å². The third-order valence-electron chi connectivity index (χ3n) is 7.26. The fourth-order valence-electron chi connectivity index (χ4n) is 5.36. The van der Waals surface area contributed by atoms with E-state index in [0.717, 1.165) is 35.3 Å². The van der Waals surface area contributed by atoms with Crippen LogP contribution in [0.25, 0.3) is 22.0 Å². The molecule has 1 aliphatic rings. The Kier molecular flexibility index (Phi) is 11.6. The molecule has 0 radical (unpaired) electrons. The van der Waals surface area contributed by atoms with Crippen LogP contribution in [0.15, 0.2) is 48.5 Å². The van der Waals surface area contributed by atoms with E-state index < -0.39 is 5.60 Å². The minimum atomic E-state index is -1.28. The highest BCUT2D eigenvalue weighted by atomic mass is 35.5. The number of aromatic nitrogens is 2. The van der Waals surface area contributed by atoms with Gasteiger partial charge in [0.2, 0.25) is 0 Å². The van der Waals surface area contributed by atoms with Crippen molar-refractivity contribution in [3.63, 3.8) is 0 Å². The average molecular weight is 616 g/mol. The minimum Gasteiger partial charge on any atom is -0.495 e. The summed E-state index contributed by atoms with van der Waals surface area (Å²) in [7, 11) is 3.09. The minimum absolute atomic E-state index is 0.383. The summed E-state index contributed by atoms with van der Waals surface area (Å²) in [5.41, 5.74) is 3.26. The molecule has 1 aromatic heterocycles. The van der Waals surface area contributed by atoms with Gasteiger partial charge in [0, 0.05) is 47.9 Å². The lowest BCUT2D eigenvalue weighted by atomic mass is 9.90. The van der Waals surface area contributed by atoms with Crippen LogP contribution in [-0.2, 0) is 5.60 Å². The van der Waals surface area contributed by atoms with Crippen molar-refractivity contribution in [1.82, 2.24) is 15.5 Å². The molecule has 4 aromatic rings. The number of nitrogens with one attached hydrogen (secondary N) is 2. The molecule has 42 heavy (non-hydrogen) atoms. The van der Waals surface area contributed by atoms with Crippen molar-refractivity contribution < 1.29 is 14.6 Å². The van der Waals surface area contributed by atoms with Gasteiger partial charge in [-0.15, -0.1) is 0 Å². The highest BCUT2D eigenvalue weighted by molar-refractivity contribution is 6.41. The van der Waals surface area contributed by atoms with Crippen LogP contribution >= 0.6 is 23.2 Å². The van der Waals surface area contributed by atoms with Gasteiger partial charge in [-0.25, -0.2) is 0 Å². The van der Waals surface area contributed by atoms with Crippen molar-refractivity contribution in [3.05, 3.63) is 69.8 Å². The maximum atomic E-state index is 11.7. The second-order valence-corrected chi connectivity index (χ2v) is 10.9. The Labute approximate surface area is 260 Å². The third-order valence-corrected chi connectivity index (χ3v) is 8.01. The second-order valence-electron chi connectivity index (χ2n) is 10.1. The molecule has 1 aliphatic heterocycles. The molecule has 1 fully saturated rings. The van der Waals surface area contributed by atoms with Gasteiger partial charge < -0.3 is 24.8 Å². The van der Waals surface area contributed by atoms with Gasteiger partial charge in [0.15, 0.2) is 0 Å². The standard InChI is InChI=1S/C29H32Cl2N4O3.2C2H6/c1-16-14-35(15-17(2)32-16)20-9-7-19(8-10-20)29(3,36)28-21-11-6-18(12-22(21)33-34-28)25-26(30)23(37-4)13-24(38-5)27(25)31;2*1-2/h6-13,16-17,32,36H,14-15H2,1-5H3,(H,33,34);2*1-2H3/t16-,17+,29?;;. The van der Waals surface area contributed by atoms with Crippen molar-refractivity contribution in [2.75, 3.05) is 32.2 Å². The van der Waals surface area contributed by atoms with E-state index >= 15 is 0 Å². The molecule has 3 aromatic carbocycles. The molecule has 228 valence electrons. The van der Waals surface area contributed by atoms with E-state index in [1.807, 2.05) is 58.0 Å². The Balaban J connectivity index is 0.00000116. The van der Waals surface area contributed by atoms with E-state index in [1.165, 1.54) is 0 Å². The van der Waals surface area contributed by atoms with Gasteiger partial charge in [-0.1, -0.05) is 75.2 Å². The van der Waals surface area contributed by atoms with E-state index in [9.17, 15) is 5.11 Å². The number of benzene rings is 3. The molecule has 3 N–H and O–H groups in total. The number of halogens is 2. The zero-order chi connectivity index (χ0) is 31.2. The first-order valence-electron chi connectivity index (χ1n) is 14.6. The topological polar surface area (TPSA) is 82.6 Å². The van der Waals surface area contributed by atoms with Gasteiger partial charge in [0.25, 0.3) is 0 Å². The molecular formula is C33H44Cl2N4O3. The summed E-state index contributed by atoms with van der Waals surface area (Å²) in [5.74, 6) is 0.920. The first kappa shape index (κ1) is 33.5. The summed E-state index contributed by atoms with van der Waals surface area (Å²) in [4.78, 5) is 2.38. The quantitative estimate of drug-likeness (QED) is 0.204. The number of hydrogen-bond acceptors (Lipinski definition) is 6. The highest BCUT2D eigenvalue weighted by Crippen LogP contribution is 2.46. The van der Waals surface area contributed by atoms with E-state index in [4.69, 9.17) is 32.7 Å². The van der Waals surface area contributed by atoms with E-state index in [2.05, 4.69) is 46.4 Å². The molecule has 1 unspecified atom stereocenters. The number of hydrogen-bond donors (Lipinski definition) is 3. The number of ether oxygens (including phenoxy) is 2. The highest BCUT2D eigenvalue weighted by Gasteiger charge is 2.31. The van der Waals surface area contributed by atoms with Crippen molar-refractivity contribution in [1.29, 1.82) is 0 Å². The van der Waals surface area contributed by atoms with Crippen molar-refractivity contribution >= 4 is 39.8 Å².